The van der Waals surface area contributed by atoms with E-state index in [1.54, 1.807) is 23.6 Å². The van der Waals surface area contributed by atoms with Crippen molar-refractivity contribution in [3.63, 3.8) is 0 Å². The Morgan fingerprint density at radius 1 is 1.33 bits per heavy atom. The van der Waals surface area contributed by atoms with E-state index in [9.17, 15) is 4.79 Å². The van der Waals surface area contributed by atoms with Crippen LogP contribution in [0.2, 0.25) is 0 Å². The number of hydrogen-bond donors (Lipinski definition) is 1. The Labute approximate surface area is 111 Å². The van der Waals surface area contributed by atoms with E-state index < -0.39 is 0 Å². The van der Waals surface area contributed by atoms with Crippen molar-refractivity contribution in [3.05, 3.63) is 56.6 Å². The highest BCUT2D eigenvalue weighted by Gasteiger charge is 2.07. The quantitative estimate of drug-likeness (QED) is 0.869. The van der Waals surface area contributed by atoms with E-state index in [0.717, 1.165) is 31.6 Å². The van der Waals surface area contributed by atoms with Gasteiger partial charge >= 0.3 is 0 Å². The first-order valence-corrected chi connectivity index (χ1v) is 7.08. The normalized spacial score (nSPS) is 11.0. The van der Waals surface area contributed by atoms with Crippen LogP contribution in [0.25, 0.3) is 0 Å². The first-order chi connectivity index (χ1) is 8.78. The van der Waals surface area contributed by atoms with Crippen molar-refractivity contribution < 1.29 is 0 Å². The Kier molecular flexibility index (Phi) is 4.73. The fourth-order valence-corrected chi connectivity index (χ4v) is 2.74. The predicted octanol–water partition coefficient (Wildman–Crippen LogP) is 2.85. The maximum absolute atomic E-state index is 11.3. The Morgan fingerprint density at radius 3 is 2.89 bits per heavy atom. The van der Waals surface area contributed by atoms with E-state index >= 15 is 0 Å². The minimum atomic E-state index is -0.0277. The third-order valence-corrected chi connectivity index (χ3v) is 3.61. The van der Waals surface area contributed by atoms with E-state index in [0.29, 0.717) is 0 Å². The zero-order valence-electron chi connectivity index (χ0n) is 10.6. The molecule has 0 spiro atoms. The van der Waals surface area contributed by atoms with E-state index in [2.05, 4.69) is 34.3 Å². The van der Waals surface area contributed by atoms with Gasteiger partial charge in [0.25, 0.3) is 0 Å². The fourth-order valence-electron chi connectivity index (χ4n) is 2.00. The minimum Gasteiger partial charge on any atom is -0.329 e. The number of hydrogen-bond acceptors (Lipinski definition) is 3. The summed E-state index contributed by atoms with van der Waals surface area (Å²) in [4.78, 5) is 17.7. The summed E-state index contributed by atoms with van der Waals surface area (Å²) in [7, 11) is 0. The predicted molar refractivity (Wildman–Crippen MR) is 75.8 cm³/mol. The summed E-state index contributed by atoms with van der Waals surface area (Å²) in [6.07, 6.45) is 2.83. The van der Waals surface area contributed by atoms with Crippen LogP contribution in [0.4, 0.5) is 0 Å². The van der Waals surface area contributed by atoms with Gasteiger partial charge in [-0.2, -0.15) is 0 Å². The van der Waals surface area contributed by atoms with Gasteiger partial charge in [-0.15, -0.1) is 11.3 Å². The Balaban J connectivity index is 2.04. The zero-order valence-corrected chi connectivity index (χ0v) is 11.4. The van der Waals surface area contributed by atoms with Gasteiger partial charge < -0.3 is 4.98 Å². The highest BCUT2D eigenvalue weighted by atomic mass is 32.1. The van der Waals surface area contributed by atoms with Gasteiger partial charge in [0.1, 0.15) is 0 Å². The number of pyridine rings is 1. The third kappa shape index (κ3) is 3.82. The molecule has 0 aromatic carbocycles. The number of nitrogens with zero attached hydrogens (tertiary/aromatic N) is 1. The van der Waals surface area contributed by atoms with Crippen molar-refractivity contribution in [3.8, 4) is 0 Å². The number of H-pyrrole nitrogens is 1. The van der Waals surface area contributed by atoms with Crippen LogP contribution in [0.5, 0.6) is 0 Å². The molecule has 0 aliphatic carbocycles. The first-order valence-electron chi connectivity index (χ1n) is 6.20. The second-order valence-electron chi connectivity index (χ2n) is 4.35. The maximum atomic E-state index is 11.3. The van der Waals surface area contributed by atoms with Crippen molar-refractivity contribution in [2.45, 2.75) is 26.4 Å². The molecule has 1 N–H and O–H groups in total. The van der Waals surface area contributed by atoms with Crippen molar-refractivity contribution in [1.82, 2.24) is 9.88 Å². The van der Waals surface area contributed by atoms with Gasteiger partial charge in [0.15, 0.2) is 0 Å². The van der Waals surface area contributed by atoms with Crippen molar-refractivity contribution in [2.75, 3.05) is 6.54 Å². The van der Waals surface area contributed by atoms with E-state index in [-0.39, 0.29) is 5.56 Å². The number of nitrogens with one attached hydrogen (secondary N) is 1. The van der Waals surface area contributed by atoms with Crippen molar-refractivity contribution in [2.24, 2.45) is 0 Å². The number of thiophene rings is 1. The van der Waals surface area contributed by atoms with Crippen molar-refractivity contribution >= 4 is 11.3 Å². The molecule has 0 radical (unpaired) electrons. The second kappa shape index (κ2) is 6.52. The average molecular weight is 262 g/mol. The molecule has 3 nitrogen and oxygen atoms in total. The molecule has 0 aliphatic heterocycles. The molecule has 0 bridgehead atoms. The van der Waals surface area contributed by atoms with Crippen LogP contribution in [-0.4, -0.2) is 16.4 Å². The topological polar surface area (TPSA) is 36.1 Å². The van der Waals surface area contributed by atoms with Gasteiger partial charge in [-0.25, -0.2) is 0 Å². The summed E-state index contributed by atoms with van der Waals surface area (Å²) in [6, 6.07) is 7.89. The molecule has 2 heterocycles. The average Bonchev–Trinajstić information content (AvgIpc) is 2.82. The summed E-state index contributed by atoms with van der Waals surface area (Å²) in [6.45, 7) is 5.01. The number of aromatic amines is 1. The summed E-state index contributed by atoms with van der Waals surface area (Å²) >= 11 is 1.78. The summed E-state index contributed by atoms with van der Waals surface area (Å²) in [5.41, 5.74) is 1.05. The Hall–Kier alpha value is -1.39. The lowest BCUT2D eigenvalue weighted by Gasteiger charge is -2.20. The molecule has 0 saturated heterocycles. The van der Waals surface area contributed by atoms with Gasteiger partial charge in [-0.05, 0) is 36.0 Å². The smallest absolute Gasteiger partial charge is 0.248 e. The molecular formula is C14H18N2OS. The highest BCUT2D eigenvalue weighted by Crippen LogP contribution is 2.14. The number of rotatable bonds is 6. The third-order valence-electron chi connectivity index (χ3n) is 2.75. The highest BCUT2D eigenvalue weighted by molar-refractivity contribution is 7.09. The van der Waals surface area contributed by atoms with Crippen molar-refractivity contribution in [1.29, 1.82) is 0 Å². The Morgan fingerprint density at radius 2 is 2.22 bits per heavy atom. The lowest BCUT2D eigenvalue weighted by atomic mass is 10.2. The van der Waals surface area contributed by atoms with Crippen LogP contribution in [0.1, 0.15) is 23.8 Å². The summed E-state index contributed by atoms with van der Waals surface area (Å²) in [5.74, 6) is 0. The SMILES string of the molecule is CCCN(Cc1cc[nH]c(=O)c1)Cc1cccs1. The Bertz CT molecular complexity index is 519. The van der Waals surface area contributed by atoms with Gasteiger partial charge in [0.2, 0.25) is 5.56 Å². The summed E-state index contributed by atoms with van der Waals surface area (Å²) in [5, 5.41) is 2.10. The van der Waals surface area contributed by atoms with E-state index in [1.165, 1.54) is 4.88 Å². The van der Waals surface area contributed by atoms with Gasteiger partial charge in [0.05, 0.1) is 0 Å². The first kappa shape index (κ1) is 13.1. The molecule has 0 fully saturated rings. The number of aromatic nitrogens is 1. The molecule has 4 heteroatoms. The molecule has 0 saturated carbocycles. The standard InChI is InChI=1S/C14H18N2OS/c1-2-7-16(11-13-4-3-8-18-13)10-12-5-6-15-14(17)9-12/h3-6,8-9H,2,7,10-11H2,1H3,(H,15,17). The van der Waals surface area contributed by atoms with Crippen LogP contribution >= 0.6 is 11.3 Å². The minimum absolute atomic E-state index is 0.0277. The molecule has 0 aliphatic rings. The van der Waals surface area contributed by atoms with Crippen LogP contribution in [-0.2, 0) is 13.1 Å². The van der Waals surface area contributed by atoms with Crippen LogP contribution in [0, 0.1) is 0 Å². The molecular weight excluding hydrogens is 244 g/mol. The van der Waals surface area contributed by atoms with Gasteiger partial charge in [-0.1, -0.05) is 13.0 Å². The zero-order chi connectivity index (χ0) is 12.8. The van der Waals surface area contributed by atoms with Crippen LogP contribution in [0.3, 0.4) is 0 Å². The maximum Gasteiger partial charge on any atom is 0.248 e. The van der Waals surface area contributed by atoms with Gasteiger partial charge in [-0.3, -0.25) is 9.69 Å². The van der Waals surface area contributed by atoms with E-state index in [4.69, 9.17) is 0 Å². The molecule has 2 rings (SSSR count). The largest absolute Gasteiger partial charge is 0.329 e. The molecule has 18 heavy (non-hydrogen) atoms. The molecule has 0 atom stereocenters. The van der Waals surface area contributed by atoms with Gasteiger partial charge in [0, 0.05) is 30.2 Å². The van der Waals surface area contributed by atoms with Crippen LogP contribution < -0.4 is 5.56 Å². The monoisotopic (exact) mass is 262 g/mol. The molecule has 0 amide bonds. The molecule has 2 aromatic heterocycles. The summed E-state index contributed by atoms with van der Waals surface area (Å²) < 4.78 is 0. The molecule has 96 valence electrons. The fraction of sp³-hybridized carbons (Fsp3) is 0.357. The lowest BCUT2D eigenvalue weighted by Crippen LogP contribution is -2.23. The molecule has 0 unspecified atom stereocenters. The molecule has 2 aromatic rings. The van der Waals surface area contributed by atoms with E-state index in [1.807, 2.05) is 6.07 Å². The lowest BCUT2D eigenvalue weighted by molar-refractivity contribution is 0.259. The van der Waals surface area contributed by atoms with Crippen LogP contribution in [0.15, 0.2) is 40.6 Å². The second-order valence-corrected chi connectivity index (χ2v) is 5.38.